The summed E-state index contributed by atoms with van der Waals surface area (Å²) in [7, 11) is 0. The molecule has 0 amide bonds. The van der Waals surface area contributed by atoms with E-state index in [4.69, 9.17) is 0 Å². The number of nitrogens with one attached hydrogen (secondary N) is 1. The largest absolute Gasteiger partial charge is 0.314 e. The Morgan fingerprint density at radius 1 is 1.27 bits per heavy atom. The van der Waals surface area contributed by atoms with Gasteiger partial charge in [0, 0.05) is 18.4 Å². The van der Waals surface area contributed by atoms with Crippen LogP contribution in [-0.4, -0.2) is 17.6 Å². The van der Waals surface area contributed by atoms with E-state index in [1.165, 1.54) is 5.56 Å². The van der Waals surface area contributed by atoms with Crippen molar-refractivity contribution in [3.63, 3.8) is 0 Å². The lowest BCUT2D eigenvalue weighted by Crippen LogP contribution is -2.29. The Kier molecular flexibility index (Phi) is 4.76. The molecule has 0 fully saturated rings. The van der Waals surface area contributed by atoms with E-state index in [1.54, 1.807) is 0 Å². The fourth-order valence-electron chi connectivity index (χ4n) is 1.57. The number of aromatic nitrogens is 1. The molecular formula is C13H22N2. The van der Waals surface area contributed by atoms with Crippen LogP contribution in [0.15, 0.2) is 24.5 Å². The Bertz CT molecular complexity index is 269. The fraction of sp³-hybridized carbons (Fsp3) is 0.615. The molecule has 1 aromatic heterocycles. The molecule has 0 aliphatic rings. The summed E-state index contributed by atoms with van der Waals surface area (Å²) in [6.07, 6.45) is 3.80. The van der Waals surface area contributed by atoms with E-state index in [-0.39, 0.29) is 0 Å². The zero-order valence-corrected chi connectivity index (χ0v) is 10.2. The summed E-state index contributed by atoms with van der Waals surface area (Å²) in [5, 5.41) is 3.48. The van der Waals surface area contributed by atoms with Gasteiger partial charge in [0.2, 0.25) is 0 Å². The number of hydrogen-bond donors (Lipinski definition) is 1. The van der Waals surface area contributed by atoms with Crippen LogP contribution in [0.5, 0.6) is 0 Å². The molecule has 2 nitrogen and oxygen atoms in total. The van der Waals surface area contributed by atoms with Crippen LogP contribution < -0.4 is 5.32 Å². The predicted molar refractivity (Wildman–Crippen MR) is 65.0 cm³/mol. The summed E-state index contributed by atoms with van der Waals surface area (Å²) in [6, 6.07) is 4.73. The van der Waals surface area contributed by atoms with Crippen molar-refractivity contribution in [3.8, 4) is 0 Å². The van der Waals surface area contributed by atoms with Gasteiger partial charge in [0.25, 0.3) is 0 Å². The summed E-state index contributed by atoms with van der Waals surface area (Å²) >= 11 is 0. The first kappa shape index (κ1) is 12.2. The van der Waals surface area contributed by atoms with Crippen molar-refractivity contribution in [1.82, 2.24) is 10.3 Å². The van der Waals surface area contributed by atoms with E-state index in [1.807, 2.05) is 18.5 Å². The highest BCUT2D eigenvalue weighted by Gasteiger charge is 2.14. The van der Waals surface area contributed by atoms with E-state index in [2.05, 4.69) is 44.1 Å². The van der Waals surface area contributed by atoms with Crippen molar-refractivity contribution < 1.29 is 0 Å². The third kappa shape index (κ3) is 4.00. The Morgan fingerprint density at radius 3 is 2.53 bits per heavy atom. The maximum absolute atomic E-state index is 4.16. The average molecular weight is 206 g/mol. The first-order valence-corrected chi connectivity index (χ1v) is 5.74. The maximum Gasteiger partial charge on any atom is 0.0302 e. The zero-order chi connectivity index (χ0) is 11.3. The summed E-state index contributed by atoms with van der Waals surface area (Å²) in [4.78, 5) is 4.16. The van der Waals surface area contributed by atoms with E-state index in [0.717, 1.165) is 6.54 Å². The highest BCUT2D eigenvalue weighted by Crippen LogP contribution is 2.22. The van der Waals surface area contributed by atoms with Gasteiger partial charge in [-0.15, -0.1) is 0 Å². The second-order valence-electron chi connectivity index (χ2n) is 4.62. The van der Waals surface area contributed by atoms with E-state index in [0.29, 0.717) is 17.9 Å². The molecule has 0 saturated heterocycles. The van der Waals surface area contributed by atoms with E-state index >= 15 is 0 Å². The highest BCUT2D eigenvalue weighted by molar-refractivity contribution is 5.14. The molecule has 0 aliphatic carbocycles. The molecule has 2 unspecified atom stereocenters. The predicted octanol–water partition coefficient (Wildman–Crippen LogP) is 2.82. The van der Waals surface area contributed by atoms with Gasteiger partial charge in [0.05, 0.1) is 0 Å². The molecule has 0 saturated carbocycles. The number of pyridine rings is 1. The lowest BCUT2D eigenvalue weighted by Gasteiger charge is -2.21. The van der Waals surface area contributed by atoms with Crippen LogP contribution >= 0.6 is 0 Å². The monoisotopic (exact) mass is 206 g/mol. The van der Waals surface area contributed by atoms with Gasteiger partial charge in [-0.1, -0.05) is 33.8 Å². The van der Waals surface area contributed by atoms with Gasteiger partial charge < -0.3 is 5.32 Å². The average Bonchev–Trinajstić information content (AvgIpc) is 2.26. The Hall–Kier alpha value is -0.890. The summed E-state index contributed by atoms with van der Waals surface area (Å²) in [5.74, 6) is 1.20. The van der Waals surface area contributed by atoms with Gasteiger partial charge in [0.15, 0.2) is 0 Å². The SMILES string of the molecule is CC(C)NCC(C)C(C)c1cccnc1. The van der Waals surface area contributed by atoms with Crippen molar-refractivity contribution >= 4 is 0 Å². The molecule has 1 heterocycles. The molecule has 1 rings (SSSR count). The van der Waals surface area contributed by atoms with Crippen LogP contribution in [0.2, 0.25) is 0 Å². The Balaban J connectivity index is 2.49. The van der Waals surface area contributed by atoms with E-state index < -0.39 is 0 Å². The number of hydrogen-bond acceptors (Lipinski definition) is 2. The maximum atomic E-state index is 4.16. The molecule has 1 N–H and O–H groups in total. The molecule has 0 aliphatic heterocycles. The van der Waals surface area contributed by atoms with Crippen LogP contribution in [0.4, 0.5) is 0 Å². The lowest BCUT2D eigenvalue weighted by molar-refractivity contribution is 0.425. The van der Waals surface area contributed by atoms with E-state index in [9.17, 15) is 0 Å². The van der Waals surface area contributed by atoms with Gasteiger partial charge >= 0.3 is 0 Å². The number of rotatable bonds is 5. The standard InChI is InChI=1S/C13H22N2/c1-10(2)15-8-11(3)12(4)13-6-5-7-14-9-13/h5-7,9-12,15H,8H2,1-4H3. The molecule has 0 spiro atoms. The molecule has 0 bridgehead atoms. The van der Waals surface area contributed by atoms with Crippen molar-refractivity contribution in [2.24, 2.45) is 5.92 Å². The first-order chi connectivity index (χ1) is 7.11. The number of nitrogens with zero attached hydrogens (tertiary/aromatic N) is 1. The third-order valence-corrected chi connectivity index (χ3v) is 2.91. The van der Waals surface area contributed by atoms with Crippen LogP contribution in [0, 0.1) is 5.92 Å². The third-order valence-electron chi connectivity index (χ3n) is 2.91. The summed E-state index contributed by atoms with van der Waals surface area (Å²) < 4.78 is 0. The minimum Gasteiger partial charge on any atom is -0.314 e. The van der Waals surface area contributed by atoms with Gasteiger partial charge in [-0.3, -0.25) is 4.98 Å². The molecule has 0 aromatic carbocycles. The van der Waals surface area contributed by atoms with Crippen LogP contribution in [0.3, 0.4) is 0 Å². The van der Waals surface area contributed by atoms with Gasteiger partial charge in [-0.05, 0) is 30.0 Å². The molecule has 2 heteroatoms. The summed E-state index contributed by atoms with van der Waals surface area (Å²) in [6.45, 7) is 9.98. The molecule has 0 radical (unpaired) electrons. The first-order valence-electron chi connectivity index (χ1n) is 5.74. The van der Waals surface area contributed by atoms with Crippen molar-refractivity contribution in [2.45, 2.75) is 39.7 Å². The quantitative estimate of drug-likeness (QED) is 0.801. The van der Waals surface area contributed by atoms with Crippen molar-refractivity contribution in [1.29, 1.82) is 0 Å². The van der Waals surface area contributed by atoms with Gasteiger partial charge in [0.1, 0.15) is 0 Å². The zero-order valence-electron chi connectivity index (χ0n) is 10.2. The Labute approximate surface area is 93.1 Å². The van der Waals surface area contributed by atoms with Gasteiger partial charge in [-0.25, -0.2) is 0 Å². The minimum absolute atomic E-state index is 0.560. The second kappa shape index (κ2) is 5.86. The molecule has 1 aromatic rings. The molecule has 84 valence electrons. The lowest BCUT2D eigenvalue weighted by atomic mass is 9.90. The van der Waals surface area contributed by atoms with Crippen molar-refractivity contribution in [3.05, 3.63) is 30.1 Å². The molecule has 15 heavy (non-hydrogen) atoms. The van der Waals surface area contributed by atoms with Crippen molar-refractivity contribution in [2.75, 3.05) is 6.54 Å². The topological polar surface area (TPSA) is 24.9 Å². The highest BCUT2D eigenvalue weighted by atomic mass is 14.9. The molecule has 2 atom stereocenters. The Morgan fingerprint density at radius 2 is 2.00 bits per heavy atom. The fourth-order valence-corrected chi connectivity index (χ4v) is 1.57. The molecular weight excluding hydrogens is 184 g/mol. The normalized spacial score (nSPS) is 15.3. The summed E-state index contributed by atoms with van der Waals surface area (Å²) in [5.41, 5.74) is 1.33. The van der Waals surface area contributed by atoms with Crippen LogP contribution in [0.1, 0.15) is 39.2 Å². The van der Waals surface area contributed by atoms with Crippen LogP contribution in [-0.2, 0) is 0 Å². The smallest absolute Gasteiger partial charge is 0.0302 e. The van der Waals surface area contributed by atoms with Gasteiger partial charge in [-0.2, -0.15) is 0 Å². The van der Waals surface area contributed by atoms with Crippen LogP contribution in [0.25, 0.3) is 0 Å². The second-order valence-corrected chi connectivity index (χ2v) is 4.62. The minimum atomic E-state index is 0.560.